The predicted molar refractivity (Wildman–Crippen MR) is 122 cm³/mol. The minimum Gasteiger partial charge on any atom is -0.356 e. The summed E-state index contributed by atoms with van der Waals surface area (Å²) in [6.07, 6.45) is 1.56. The number of anilines is 1. The molecule has 0 bridgehead atoms. The van der Waals surface area contributed by atoms with E-state index in [0.717, 1.165) is 45.0 Å². The van der Waals surface area contributed by atoms with Gasteiger partial charge in [0.25, 0.3) is 5.91 Å². The van der Waals surface area contributed by atoms with E-state index in [1.165, 1.54) is 18.1 Å². The van der Waals surface area contributed by atoms with Crippen molar-refractivity contribution in [2.75, 3.05) is 31.5 Å². The zero-order valence-corrected chi connectivity index (χ0v) is 17.8. The molecular weight excluding hydrogens is 388 g/mol. The topological polar surface area (TPSA) is 68.4 Å². The zero-order chi connectivity index (χ0) is 21.6. The first-order chi connectivity index (χ1) is 15.1. The zero-order valence-electron chi connectivity index (χ0n) is 17.8. The molecule has 0 saturated carbocycles. The highest BCUT2D eigenvalue weighted by molar-refractivity contribution is 6.05. The minimum absolute atomic E-state index is 0.0689. The molecule has 2 heterocycles. The molecule has 1 aromatic heterocycles. The maximum atomic E-state index is 12.3. The number of hydrogen-bond acceptors (Lipinski definition) is 4. The third-order valence-corrected chi connectivity index (χ3v) is 5.67. The van der Waals surface area contributed by atoms with Gasteiger partial charge in [-0.15, -0.1) is 0 Å². The normalized spacial score (nSPS) is 15.0. The van der Waals surface area contributed by atoms with Crippen molar-refractivity contribution in [2.24, 2.45) is 0 Å². The molecule has 31 heavy (non-hydrogen) atoms. The number of rotatable bonds is 7. The number of Topliss-reactive ketones (excluding diaryl/α,β-unsaturated/α-hetero) is 1. The number of benzene rings is 2. The Morgan fingerprint density at radius 3 is 2.00 bits per heavy atom. The summed E-state index contributed by atoms with van der Waals surface area (Å²) >= 11 is 0. The molecule has 3 aromatic rings. The molecule has 1 amide bonds. The Morgan fingerprint density at radius 2 is 1.45 bits per heavy atom. The summed E-state index contributed by atoms with van der Waals surface area (Å²) in [5.41, 5.74) is 4.21. The number of piperazine rings is 1. The Labute approximate surface area is 182 Å². The van der Waals surface area contributed by atoms with Crippen molar-refractivity contribution in [3.05, 3.63) is 89.2 Å². The molecule has 0 aliphatic carbocycles. The van der Waals surface area contributed by atoms with Crippen LogP contribution in [0.1, 0.15) is 38.9 Å². The van der Waals surface area contributed by atoms with Gasteiger partial charge in [-0.2, -0.15) is 0 Å². The highest BCUT2D eigenvalue weighted by Gasteiger charge is 2.17. The van der Waals surface area contributed by atoms with E-state index in [1.807, 2.05) is 12.1 Å². The van der Waals surface area contributed by atoms with Crippen LogP contribution in [-0.2, 0) is 13.1 Å². The summed E-state index contributed by atoms with van der Waals surface area (Å²) in [5.74, 6) is -0.324. The first-order valence-electron chi connectivity index (χ1n) is 10.6. The van der Waals surface area contributed by atoms with E-state index >= 15 is 0 Å². The van der Waals surface area contributed by atoms with Gasteiger partial charge in [-0.3, -0.25) is 19.4 Å². The van der Waals surface area contributed by atoms with Crippen molar-refractivity contribution < 1.29 is 9.59 Å². The van der Waals surface area contributed by atoms with Gasteiger partial charge in [0, 0.05) is 56.7 Å². The second-order valence-electron chi connectivity index (χ2n) is 8.05. The van der Waals surface area contributed by atoms with Crippen LogP contribution in [-0.4, -0.2) is 52.7 Å². The van der Waals surface area contributed by atoms with Gasteiger partial charge in [-0.05, 0) is 36.2 Å². The van der Waals surface area contributed by atoms with Crippen LogP contribution >= 0.6 is 0 Å². The highest BCUT2D eigenvalue weighted by atomic mass is 16.2. The fourth-order valence-corrected chi connectivity index (χ4v) is 3.83. The van der Waals surface area contributed by atoms with Crippen molar-refractivity contribution in [3.63, 3.8) is 0 Å². The van der Waals surface area contributed by atoms with E-state index in [-0.39, 0.29) is 11.7 Å². The third-order valence-electron chi connectivity index (χ3n) is 5.67. The molecule has 0 atom stereocenters. The number of amides is 1. The van der Waals surface area contributed by atoms with Gasteiger partial charge in [0.1, 0.15) is 5.69 Å². The fraction of sp³-hybridized carbons (Fsp3) is 0.280. The number of hydrogen-bond donors (Lipinski definition) is 2. The van der Waals surface area contributed by atoms with Crippen LogP contribution in [0.4, 0.5) is 5.69 Å². The molecule has 1 fully saturated rings. The molecule has 4 rings (SSSR count). The first kappa shape index (κ1) is 21.0. The van der Waals surface area contributed by atoms with E-state index in [9.17, 15) is 9.59 Å². The first-order valence-corrected chi connectivity index (χ1v) is 10.6. The van der Waals surface area contributed by atoms with E-state index in [4.69, 9.17) is 0 Å². The van der Waals surface area contributed by atoms with E-state index in [0.29, 0.717) is 11.3 Å². The van der Waals surface area contributed by atoms with Gasteiger partial charge in [-0.25, -0.2) is 0 Å². The molecule has 2 aromatic carbocycles. The molecule has 1 aliphatic rings. The lowest BCUT2D eigenvalue weighted by molar-refractivity contribution is 0.101. The molecule has 6 nitrogen and oxygen atoms in total. The van der Waals surface area contributed by atoms with Crippen molar-refractivity contribution in [3.8, 4) is 0 Å². The number of aromatic nitrogens is 1. The van der Waals surface area contributed by atoms with E-state index in [1.54, 1.807) is 12.3 Å². The number of carbonyl (C=O) groups excluding carboxylic acids is 2. The van der Waals surface area contributed by atoms with Gasteiger partial charge < -0.3 is 10.3 Å². The van der Waals surface area contributed by atoms with Crippen LogP contribution in [0.3, 0.4) is 0 Å². The second kappa shape index (κ2) is 9.73. The summed E-state index contributed by atoms with van der Waals surface area (Å²) in [6, 6.07) is 20.2. The van der Waals surface area contributed by atoms with Gasteiger partial charge in [0.05, 0.1) is 0 Å². The average Bonchev–Trinajstić information content (AvgIpc) is 3.28. The maximum Gasteiger partial charge on any atom is 0.272 e. The molecule has 0 radical (unpaired) electrons. The van der Waals surface area contributed by atoms with E-state index < -0.39 is 0 Å². The van der Waals surface area contributed by atoms with Crippen molar-refractivity contribution in [1.29, 1.82) is 0 Å². The summed E-state index contributed by atoms with van der Waals surface area (Å²) in [7, 11) is 0. The molecule has 160 valence electrons. The summed E-state index contributed by atoms with van der Waals surface area (Å²) in [5, 5.41) is 2.87. The molecule has 0 spiro atoms. The second-order valence-corrected chi connectivity index (χ2v) is 8.05. The smallest absolute Gasteiger partial charge is 0.272 e. The molecule has 2 N–H and O–H groups in total. The lowest BCUT2D eigenvalue weighted by atomic mass is 10.1. The van der Waals surface area contributed by atoms with Crippen LogP contribution in [0.2, 0.25) is 0 Å². The summed E-state index contributed by atoms with van der Waals surface area (Å²) in [6.45, 7) is 7.65. The Bertz CT molecular complexity index is 1020. The van der Waals surface area contributed by atoms with Gasteiger partial charge in [0.15, 0.2) is 5.78 Å². The highest BCUT2D eigenvalue weighted by Crippen LogP contribution is 2.15. The van der Waals surface area contributed by atoms with Crippen LogP contribution in [0.5, 0.6) is 0 Å². The Morgan fingerprint density at radius 1 is 0.871 bits per heavy atom. The maximum absolute atomic E-state index is 12.3. The third kappa shape index (κ3) is 5.69. The monoisotopic (exact) mass is 416 g/mol. The summed E-state index contributed by atoms with van der Waals surface area (Å²) in [4.78, 5) is 31.5. The summed E-state index contributed by atoms with van der Waals surface area (Å²) < 4.78 is 0. The number of carbonyl (C=O) groups is 2. The van der Waals surface area contributed by atoms with E-state index in [2.05, 4.69) is 62.6 Å². The Kier molecular flexibility index (Phi) is 6.60. The number of nitrogens with zero attached hydrogens (tertiary/aromatic N) is 2. The molecular formula is C25H28N4O2. The van der Waals surface area contributed by atoms with Crippen molar-refractivity contribution in [1.82, 2.24) is 14.8 Å². The molecule has 1 saturated heterocycles. The average molecular weight is 417 g/mol. The van der Waals surface area contributed by atoms with Crippen molar-refractivity contribution >= 4 is 17.4 Å². The van der Waals surface area contributed by atoms with Crippen LogP contribution < -0.4 is 5.32 Å². The molecule has 6 heteroatoms. The number of nitrogens with one attached hydrogen (secondary N) is 2. The minimum atomic E-state index is -0.255. The SMILES string of the molecule is CC(=O)c1c[nH]c(C(=O)Nc2ccc(CN3CCN(Cc4ccccc4)CC3)cc2)c1. The Balaban J connectivity index is 1.25. The number of H-pyrrole nitrogens is 1. The standard InChI is InChI=1S/C25H28N4O2/c1-19(30)22-15-24(26-16-22)25(31)27-23-9-7-21(8-10-23)18-29-13-11-28(12-14-29)17-20-5-3-2-4-6-20/h2-10,15-16,26H,11-14,17-18H2,1H3,(H,27,31). The van der Waals surface area contributed by atoms with Crippen LogP contribution in [0.25, 0.3) is 0 Å². The number of ketones is 1. The lowest BCUT2D eigenvalue weighted by Gasteiger charge is -2.34. The van der Waals surface area contributed by atoms with Gasteiger partial charge in [-0.1, -0.05) is 42.5 Å². The molecule has 0 unspecified atom stereocenters. The predicted octanol–water partition coefficient (Wildman–Crippen LogP) is 3.79. The van der Waals surface area contributed by atoms with Crippen LogP contribution in [0, 0.1) is 0 Å². The molecule has 1 aliphatic heterocycles. The van der Waals surface area contributed by atoms with Gasteiger partial charge in [0.2, 0.25) is 0 Å². The van der Waals surface area contributed by atoms with Gasteiger partial charge >= 0.3 is 0 Å². The lowest BCUT2D eigenvalue weighted by Crippen LogP contribution is -2.45. The quantitative estimate of drug-likeness (QED) is 0.575. The number of aromatic amines is 1. The largest absolute Gasteiger partial charge is 0.356 e. The van der Waals surface area contributed by atoms with Crippen molar-refractivity contribution in [2.45, 2.75) is 20.0 Å². The van der Waals surface area contributed by atoms with Crippen LogP contribution in [0.15, 0.2) is 66.9 Å². The Hall–Kier alpha value is -3.22. The fourth-order valence-electron chi connectivity index (χ4n) is 3.83.